The van der Waals surface area contributed by atoms with Crippen LogP contribution in [0.15, 0.2) is 65.8 Å². The standard InChI is InChI=1S/C22H25N5O/c23-21-15-27(19-9-10-24-13-19)20(14-25-21)17-7-4-8-18(11-17)22(28)26-12-16-5-2-1-3-6-16/h1-8,11,14,19,24H,9-10,12-13,15H2,(H2,23,25)(H,26,28). The molecule has 6 nitrogen and oxygen atoms in total. The third-order valence-electron chi connectivity index (χ3n) is 5.19. The van der Waals surface area contributed by atoms with Gasteiger partial charge in [-0.2, -0.15) is 0 Å². The molecule has 1 amide bonds. The molecule has 0 aliphatic carbocycles. The molecule has 4 N–H and O–H groups in total. The quantitative estimate of drug-likeness (QED) is 0.746. The molecule has 28 heavy (non-hydrogen) atoms. The number of nitrogens with zero attached hydrogens (tertiary/aromatic N) is 2. The molecular formula is C22H25N5O. The molecule has 2 aromatic carbocycles. The van der Waals surface area contributed by atoms with Crippen molar-refractivity contribution in [1.29, 1.82) is 0 Å². The second-order valence-electron chi connectivity index (χ2n) is 7.16. The van der Waals surface area contributed by atoms with Crippen molar-refractivity contribution in [2.45, 2.75) is 19.0 Å². The maximum Gasteiger partial charge on any atom is 0.251 e. The average Bonchev–Trinajstić information content (AvgIpc) is 3.27. The number of amides is 1. The van der Waals surface area contributed by atoms with Gasteiger partial charge in [0.25, 0.3) is 5.91 Å². The van der Waals surface area contributed by atoms with Crippen LogP contribution in [0.5, 0.6) is 0 Å². The Hall–Kier alpha value is -3.12. The van der Waals surface area contributed by atoms with Gasteiger partial charge in [-0.1, -0.05) is 42.5 Å². The van der Waals surface area contributed by atoms with Gasteiger partial charge in [-0.3, -0.25) is 4.79 Å². The van der Waals surface area contributed by atoms with Gasteiger partial charge in [0.1, 0.15) is 5.84 Å². The topological polar surface area (TPSA) is 82.7 Å². The van der Waals surface area contributed by atoms with Crippen molar-refractivity contribution in [2.75, 3.05) is 19.6 Å². The zero-order chi connectivity index (χ0) is 19.3. The van der Waals surface area contributed by atoms with Gasteiger partial charge >= 0.3 is 0 Å². The average molecular weight is 375 g/mol. The van der Waals surface area contributed by atoms with Crippen molar-refractivity contribution < 1.29 is 4.79 Å². The number of carbonyl (C=O) groups excluding carboxylic acids is 1. The lowest BCUT2D eigenvalue weighted by atomic mass is 10.0. The van der Waals surface area contributed by atoms with E-state index in [-0.39, 0.29) is 5.91 Å². The lowest BCUT2D eigenvalue weighted by molar-refractivity contribution is 0.0951. The first-order valence-corrected chi connectivity index (χ1v) is 9.63. The van der Waals surface area contributed by atoms with Crippen LogP contribution in [0.1, 0.15) is 27.9 Å². The van der Waals surface area contributed by atoms with E-state index in [9.17, 15) is 4.79 Å². The van der Waals surface area contributed by atoms with Crippen LogP contribution in [0, 0.1) is 0 Å². The first-order valence-electron chi connectivity index (χ1n) is 9.63. The van der Waals surface area contributed by atoms with Crippen LogP contribution in [0.3, 0.4) is 0 Å². The molecule has 2 heterocycles. The first kappa shape index (κ1) is 18.3. The van der Waals surface area contributed by atoms with Gasteiger partial charge in [0.15, 0.2) is 0 Å². The second-order valence-corrected chi connectivity index (χ2v) is 7.16. The third-order valence-corrected chi connectivity index (χ3v) is 5.19. The molecule has 0 radical (unpaired) electrons. The molecule has 2 aliphatic heterocycles. The minimum Gasteiger partial charge on any atom is -0.386 e. The Labute approximate surface area is 165 Å². The molecule has 6 heteroatoms. The van der Waals surface area contributed by atoms with Gasteiger partial charge in [-0.25, -0.2) is 4.99 Å². The molecule has 0 spiro atoms. The molecule has 1 fully saturated rings. The molecule has 2 aliphatic rings. The number of carbonyl (C=O) groups is 1. The molecule has 2 aromatic rings. The maximum atomic E-state index is 12.6. The van der Waals surface area contributed by atoms with Gasteiger partial charge in [-0.15, -0.1) is 0 Å². The fourth-order valence-electron chi connectivity index (χ4n) is 3.69. The molecule has 1 unspecified atom stereocenters. The Kier molecular flexibility index (Phi) is 5.39. The molecule has 0 bridgehead atoms. The fourth-order valence-corrected chi connectivity index (χ4v) is 3.69. The van der Waals surface area contributed by atoms with Crippen LogP contribution in [0.25, 0.3) is 5.70 Å². The highest BCUT2D eigenvalue weighted by molar-refractivity contribution is 5.95. The van der Waals surface area contributed by atoms with E-state index >= 15 is 0 Å². The number of nitrogens with two attached hydrogens (primary N) is 1. The zero-order valence-electron chi connectivity index (χ0n) is 15.8. The summed E-state index contributed by atoms with van der Waals surface area (Å²) in [6.07, 6.45) is 2.89. The fraction of sp³-hybridized carbons (Fsp3) is 0.273. The van der Waals surface area contributed by atoms with Gasteiger partial charge in [0.2, 0.25) is 0 Å². The van der Waals surface area contributed by atoms with E-state index in [0.29, 0.717) is 30.5 Å². The van der Waals surface area contributed by atoms with Crippen molar-refractivity contribution >= 4 is 17.4 Å². The highest BCUT2D eigenvalue weighted by Crippen LogP contribution is 2.27. The minimum atomic E-state index is -0.0841. The van der Waals surface area contributed by atoms with Gasteiger partial charge in [0, 0.05) is 30.3 Å². The van der Waals surface area contributed by atoms with E-state index in [1.165, 1.54) is 0 Å². The molecule has 1 atom stereocenters. The third kappa shape index (κ3) is 4.07. The second kappa shape index (κ2) is 8.27. The maximum absolute atomic E-state index is 12.6. The minimum absolute atomic E-state index is 0.0841. The zero-order valence-corrected chi connectivity index (χ0v) is 15.8. The highest BCUT2D eigenvalue weighted by atomic mass is 16.1. The van der Waals surface area contributed by atoms with E-state index in [1.54, 1.807) is 0 Å². The van der Waals surface area contributed by atoms with E-state index in [4.69, 9.17) is 5.73 Å². The molecule has 144 valence electrons. The van der Waals surface area contributed by atoms with Crippen molar-refractivity contribution in [3.05, 3.63) is 77.5 Å². The summed E-state index contributed by atoms with van der Waals surface area (Å²) >= 11 is 0. The molecule has 4 rings (SSSR count). The summed E-state index contributed by atoms with van der Waals surface area (Å²) in [4.78, 5) is 19.3. The Balaban J connectivity index is 1.52. The molecule has 1 saturated heterocycles. The summed E-state index contributed by atoms with van der Waals surface area (Å²) in [5, 5.41) is 6.39. The highest BCUT2D eigenvalue weighted by Gasteiger charge is 2.27. The Morgan fingerprint density at radius 1 is 1.21 bits per heavy atom. The lowest BCUT2D eigenvalue weighted by Gasteiger charge is -2.34. The Morgan fingerprint density at radius 3 is 2.86 bits per heavy atom. The number of hydrogen-bond donors (Lipinski definition) is 3. The van der Waals surface area contributed by atoms with Crippen molar-refractivity contribution in [2.24, 2.45) is 10.7 Å². The van der Waals surface area contributed by atoms with Gasteiger partial charge in [0.05, 0.1) is 18.4 Å². The van der Waals surface area contributed by atoms with Crippen molar-refractivity contribution in [3.63, 3.8) is 0 Å². The van der Waals surface area contributed by atoms with Crippen molar-refractivity contribution in [1.82, 2.24) is 15.5 Å². The number of hydrogen-bond acceptors (Lipinski definition) is 5. The van der Waals surface area contributed by atoms with Gasteiger partial charge in [-0.05, 0) is 30.7 Å². The number of benzene rings is 2. The van der Waals surface area contributed by atoms with E-state index in [0.717, 1.165) is 36.3 Å². The SMILES string of the molecule is NC1=NC=C(c2cccc(C(=O)NCc3ccccc3)c2)N(C2CCNC2)C1. The van der Waals surface area contributed by atoms with E-state index in [2.05, 4.69) is 20.5 Å². The van der Waals surface area contributed by atoms with E-state index in [1.807, 2.05) is 60.8 Å². The largest absolute Gasteiger partial charge is 0.386 e. The van der Waals surface area contributed by atoms with E-state index < -0.39 is 0 Å². The van der Waals surface area contributed by atoms with Gasteiger partial charge < -0.3 is 21.3 Å². The number of nitrogens with one attached hydrogen (secondary N) is 2. The van der Waals surface area contributed by atoms with Crippen LogP contribution >= 0.6 is 0 Å². The summed E-state index contributed by atoms with van der Waals surface area (Å²) in [6, 6.07) is 18.0. The summed E-state index contributed by atoms with van der Waals surface area (Å²) in [5.74, 6) is 0.534. The summed E-state index contributed by atoms with van der Waals surface area (Å²) in [6.45, 7) is 3.06. The normalized spacial score (nSPS) is 19.1. The number of rotatable bonds is 5. The predicted octanol–water partition coefficient (Wildman–Crippen LogP) is 1.95. The molecular weight excluding hydrogens is 350 g/mol. The summed E-state index contributed by atoms with van der Waals surface area (Å²) in [7, 11) is 0. The first-order chi connectivity index (χ1) is 13.7. The Morgan fingerprint density at radius 2 is 2.07 bits per heavy atom. The Bertz CT molecular complexity index is 900. The lowest BCUT2D eigenvalue weighted by Crippen LogP contribution is -2.42. The summed E-state index contributed by atoms with van der Waals surface area (Å²) < 4.78 is 0. The molecule has 0 aromatic heterocycles. The smallest absolute Gasteiger partial charge is 0.251 e. The predicted molar refractivity (Wildman–Crippen MR) is 112 cm³/mol. The van der Waals surface area contributed by atoms with Crippen LogP contribution in [-0.2, 0) is 6.54 Å². The number of amidine groups is 1. The van der Waals surface area contributed by atoms with Crippen LogP contribution in [0.2, 0.25) is 0 Å². The van der Waals surface area contributed by atoms with Crippen LogP contribution in [-0.4, -0.2) is 42.3 Å². The number of aliphatic imine (C=N–C) groups is 1. The monoisotopic (exact) mass is 375 g/mol. The van der Waals surface area contributed by atoms with Crippen molar-refractivity contribution in [3.8, 4) is 0 Å². The summed E-state index contributed by atoms with van der Waals surface area (Å²) in [5.41, 5.74) is 9.70. The molecule has 0 saturated carbocycles. The van der Waals surface area contributed by atoms with Crippen LogP contribution in [0.4, 0.5) is 0 Å². The van der Waals surface area contributed by atoms with Crippen LogP contribution < -0.4 is 16.4 Å².